The maximum Gasteiger partial charge on any atom is 0.333 e. The van der Waals surface area contributed by atoms with Gasteiger partial charge in [0.15, 0.2) is 0 Å². The highest BCUT2D eigenvalue weighted by molar-refractivity contribution is 5.89. The van der Waals surface area contributed by atoms with E-state index in [1.54, 1.807) is 7.11 Å². The van der Waals surface area contributed by atoms with Gasteiger partial charge in [0.2, 0.25) is 0 Å². The predicted octanol–water partition coefficient (Wildman–Crippen LogP) is 0.871. The van der Waals surface area contributed by atoms with Crippen molar-refractivity contribution in [3.8, 4) is 0 Å². The quantitative estimate of drug-likeness (QED) is 0.391. The minimum absolute atomic E-state index is 0.431. The van der Waals surface area contributed by atoms with Gasteiger partial charge in [0.25, 0.3) is 0 Å². The molecule has 0 aliphatic rings. The van der Waals surface area contributed by atoms with Crippen LogP contribution in [0.15, 0.2) is 24.3 Å². The summed E-state index contributed by atoms with van der Waals surface area (Å²) in [7, 11) is 1.64. The average Bonchev–Trinajstić information content (AvgIpc) is 2.28. The van der Waals surface area contributed by atoms with E-state index in [4.69, 9.17) is 10.6 Å². The van der Waals surface area contributed by atoms with E-state index in [2.05, 4.69) is 5.32 Å². The molecule has 0 radical (unpaired) electrons. The van der Waals surface area contributed by atoms with Gasteiger partial charge in [-0.1, -0.05) is 18.2 Å². The van der Waals surface area contributed by atoms with Gasteiger partial charge in [-0.15, -0.1) is 0 Å². The Morgan fingerprint density at radius 3 is 2.87 bits per heavy atom. The van der Waals surface area contributed by atoms with E-state index in [1.807, 2.05) is 29.7 Å². The van der Waals surface area contributed by atoms with E-state index in [9.17, 15) is 4.79 Å². The summed E-state index contributed by atoms with van der Waals surface area (Å²) in [4.78, 5) is 11.0. The van der Waals surface area contributed by atoms with E-state index >= 15 is 0 Å². The number of carbonyl (C=O) groups is 1. The molecule has 1 aromatic carbocycles. The van der Waals surface area contributed by atoms with Crippen LogP contribution in [-0.4, -0.2) is 19.7 Å². The number of hydrogen-bond donors (Lipinski definition) is 3. The third kappa shape index (κ3) is 3.57. The van der Waals surface area contributed by atoms with Crippen molar-refractivity contribution in [1.82, 2.24) is 5.43 Å². The van der Waals surface area contributed by atoms with E-state index in [0.717, 1.165) is 17.7 Å². The molecular formula is C10H15N3O2. The Morgan fingerprint density at radius 1 is 1.47 bits per heavy atom. The number of ether oxygens (including phenoxy) is 1. The van der Waals surface area contributed by atoms with Crippen LogP contribution in [0.5, 0.6) is 0 Å². The first kappa shape index (κ1) is 11.5. The van der Waals surface area contributed by atoms with Crippen molar-refractivity contribution in [1.29, 1.82) is 0 Å². The molecule has 0 fully saturated rings. The molecule has 1 rings (SSSR count). The first-order valence-corrected chi connectivity index (χ1v) is 4.62. The van der Waals surface area contributed by atoms with Crippen LogP contribution < -0.4 is 16.6 Å². The number of hydrazine groups is 1. The molecule has 2 amide bonds. The molecule has 0 saturated heterocycles. The predicted molar refractivity (Wildman–Crippen MR) is 58.4 cm³/mol. The van der Waals surface area contributed by atoms with Gasteiger partial charge in [-0.25, -0.2) is 10.6 Å². The second-order valence-corrected chi connectivity index (χ2v) is 3.00. The molecule has 15 heavy (non-hydrogen) atoms. The lowest BCUT2D eigenvalue weighted by Crippen LogP contribution is -2.34. The highest BCUT2D eigenvalue weighted by atomic mass is 16.5. The van der Waals surface area contributed by atoms with Crippen LogP contribution in [0.4, 0.5) is 10.5 Å². The molecule has 0 aliphatic carbocycles. The molecule has 1 aromatic rings. The molecule has 5 heteroatoms. The summed E-state index contributed by atoms with van der Waals surface area (Å²) in [5.41, 5.74) is 3.78. The standard InChI is InChI=1S/C10H15N3O2/c1-15-7-6-8-4-2-3-5-9(8)12-10(14)13-11/h2-5H,6-7,11H2,1H3,(H2,12,13,14). The zero-order valence-corrected chi connectivity index (χ0v) is 8.62. The lowest BCUT2D eigenvalue weighted by Gasteiger charge is -2.09. The third-order valence-corrected chi connectivity index (χ3v) is 1.97. The van der Waals surface area contributed by atoms with Gasteiger partial charge in [-0.3, -0.25) is 5.43 Å². The number of carbonyl (C=O) groups excluding carboxylic acids is 1. The number of urea groups is 1. The van der Waals surface area contributed by atoms with Crippen LogP contribution in [0.25, 0.3) is 0 Å². The molecule has 0 heterocycles. The van der Waals surface area contributed by atoms with E-state index in [-0.39, 0.29) is 0 Å². The van der Waals surface area contributed by atoms with E-state index in [0.29, 0.717) is 6.61 Å². The molecule has 4 N–H and O–H groups in total. The number of para-hydroxylation sites is 1. The minimum atomic E-state index is -0.431. The monoisotopic (exact) mass is 209 g/mol. The maximum atomic E-state index is 11.0. The number of amides is 2. The van der Waals surface area contributed by atoms with Crippen molar-refractivity contribution >= 4 is 11.7 Å². The SMILES string of the molecule is COCCc1ccccc1NC(=O)NN. The fourth-order valence-corrected chi connectivity index (χ4v) is 1.23. The van der Waals surface area contributed by atoms with E-state index < -0.39 is 6.03 Å². The van der Waals surface area contributed by atoms with Crippen LogP contribution in [0, 0.1) is 0 Å². The molecule has 5 nitrogen and oxygen atoms in total. The Morgan fingerprint density at radius 2 is 2.20 bits per heavy atom. The number of hydrogen-bond acceptors (Lipinski definition) is 3. The van der Waals surface area contributed by atoms with Crippen molar-refractivity contribution < 1.29 is 9.53 Å². The Bertz CT molecular complexity index is 328. The lowest BCUT2D eigenvalue weighted by molar-refractivity contribution is 0.202. The van der Waals surface area contributed by atoms with Gasteiger partial charge in [0, 0.05) is 12.8 Å². The van der Waals surface area contributed by atoms with Gasteiger partial charge < -0.3 is 10.1 Å². The van der Waals surface area contributed by atoms with Crippen molar-refractivity contribution in [3.63, 3.8) is 0 Å². The normalized spacial score (nSPS) is 9.73. The molecule has 0 saturated carbocycles. The van der Waals surface area contributed by atoms with Crippen LogP contribution in [0.2, 0.25) is 0 Å². The van der Waals surface area contributed by atoms with Crippen molar-refractivity contribution in [2.45, 2.75) is 6.42 Å². The minimum Gasteiger partial charge on any atom is -0.384 e. The highest BCUT2D eigenvalue weighted by Gasteiger charge is 2.04. The Kier molecular flexibility index (Phi) is 4.59. The molecule has 82 valence electrons. The first-order chi connectivity index (χ1) is 7.27. The summed E-state index contributed by atoms with van der Waals surface area (Å²) in [6.45, 7) is 0.614. The number of rotatable bonds is 4. The summed E-state index contributed by atoms with van der Waals surface area (Å²) in [6.07, 6.45) is 0.748. The van der Waals surface area contributed by atoms with Crippen LogP contribution in [0.3, 0.4) is 0 Å². The molecular weight excluding hydrogens is 194 g/mol. The topological polar surface area (TPSA) is 76.4 Å². The molecule has 0 aromatic heterocycles. The zero-order valence-electron chi connectivity index (χ0n) is 8.62. The smallest absolute Gasteiger partial charge is 0.333 e. The summed E-state index contributed by atoms with van der Waals surface area (Å²) in [6, 6.07) is 7.09. The fourth-order valence-electron chi connectivity index (χ4n) is 1.23. The number of nitrogens with two attached hydrogens (primary N) is 1. The molecule has 0 unspecified atom stereocenters. The van der Waals surface area contributed by atoms with Crippen LogP contribution in [-0.2, 0) is 11.2 Å². The van der Waals surface area contributed by atoms with Crippen molar-refractivity contribution in [2.75, 3.05) is 19.0 Å². The third-order valence-electron chi connectivity index (χ3n) is 1.97. The highest BCUT2D eigenvalue weighted by Crippen LogP contribution is 2.15. The maximum absolute atomic E-state index is 11.0. The Hall–Kier alpha value is -1.59. The summed E-state index contributed by atoms with van der Waals surface area (Å²) in [5, 5.41) is 2.64. The van der Waals surface area contributed by atoms with Gasteiger partial charge in [-0.05, 0) is 18.1 Å². The molecule has 0 atom stereocenters. The van der Waals surface area contributed by atoms with Crippen molar-refractivity contribution in [2.24, 2.45) is 5.84 Å². The number of benzene rings is 1. The fraction of sp³-hybridized carbons (Fsp3) is 0.300. The second kappa shape index (κ2) is 6.00. The van der Waals surface area contributed by atoms with E-state index in [1.165, 1.54) is 0 Å². The molecule has 0 spiro atoms. The Balaban J connectivity index is 2.72. The number of anilines is 1. The largest absolute Gasteiger partial charge is 0.384 e. The van der Waals surface area contributed by atoms with Gasteiger partial charge in [0.05, 0.1) is 6.61 Å². The number of methoxy groups -OCH3 is 1. The number of nitrogens with one attached hydrogen (secondary N) is 2. The first-order valence-electron chi connectivity index (χ1n) is 4.62. The Labute approximate surface area is 88.6 Å². The molecule has 0 bridgehead atoms. The van der Waals surface area contributed by atoms with Crippen LogP contribution in [0.1, 0.15) is 5.56 Å². The van der Waals surface area contributed by atoms with Gasteiger partial charge in [-0.2, -0.15) is 0 Å². The molecule has 0 aliphatic heterocycles. The van der Waals surface area contributed by atoms with Crippen LogP contribution >= 0.6 is 0 Å². The zero-order chi connectivity index (χ0) is 11.1. The summed E-state index contributed by atoms with van der Waals surface area (Å²) in [5.74, 6) is 4.98. The average molecular weight is 209 g/mol. The summed E-state index contributed by atoms with van der Waals surface area (Å²) >= 11 is 0. The van der Waals surface area contributed by atoms with Gasteiger partial charge in [0.1, 0.15) is 0 Å². The summed E-state index contributed by atoms with van der Waals surface area (Å²) < 4.78 is 4.98. The second-order valence-electron chi connectivity index (χ2n) is 3.00. The van der Waals surface area contributed by atoms with Gasteiger partial charge >= 0.3 is 6.03 Å². The van der Waals surface area contributed by atoms with Crippen molar-refractivity contribution in [3.05, 3.63) is 29.8 Å². The lowest BCUT2D eigenvalue weighted by atomic mass is 10.1.